The number of imidazole rings is 1. The second kappa shape index (κ2) is 7.22. The van der Waals surface area contributed by atoms with Crippen molar-refractivity contribution in [2.24, 2.45) is 23.7 Å². The van der Waals surface area contributed by atoms with E-state index in [2.05, 4.69) is 54.1 Å². The van der Waals surface area contributed by atoms with Crippen LogP contribution >= 0.6 is 0 Å². The third-order valence-corrected chi connectivity index (χ3v) is 10.3. The lowest BCUT2D eigenvalue weighted by Gasteiger charge is -2.54. The molecule has 3 aliphatic rings. The highest BCUT2D eigenvalue weighted by Crippen LogP contribution is 2.68. The van der Waals surface area contributed by atoms with Crippen LogP contribution in [0.25, 0.3) is 55.1 Å². The van der Waals surface area contributed by atoms with Crippen molar-refractivity contribution in [2.75, 3.05) is 0 Å². The van der Waals surface area contributed by atoms with Gasteiger partial charge in [0.25, 0.3) is 0 Å². The van der Waals surface area contributed by atoms with Crippen LogP contribution in [0.2, 0.25) is 0 Å². The van der Waals surface area contributed by atoms with E-state index in [0.717, 1.165) is 62.3 Å². The fourth-order valence-corrected chi connectivity index (χ4v) is 9.08. The Balaban J connectivity index is 1.37. The summed E-state index contributed by atoms with van der Waals surface area (Å²) >= 11 is 0. The second-order valence-corrected chi connectivity index (χ2v) is 12.6. The molecule has 6 aromatic rings. The van der Waals surface area contributed by atoms with E-state index >= 15 is 0 Å². The molecule has 3 aliphatic carbocycles. The maximum atomic E-state index is 5.38. The van der Waals surface area contributed by atoms with Gasteiger partial charge in [0.1, 0.15) is 5.82 Å². The number of hydrogen-bond acceptors (Lipinski definition) is 3. The van der Waals surface area contributed by atoms with Gasteiger partial charge in [0.2, 0.25) is 0 Å². The Morgan fingerprint density at radius 3 is 2.53 bits per heavy atom. The molecule has 5 nitrogen and oxygen atoms in total. The summed E-state index contributed by atoms with van der Waals surface area (Å²) in [4.78, 5) is 22.7. The van der Waals surface area contributed by atoms with Crippen molar-refractivity contribution in [3.05, 3.63) is 66.1 Å². The number of rotatable bonds is 2. The summed E-state index contributed by atoms with van der Waals surface area (Å²) in [7, 11) is 0. The summed E-state index contributed by atoms with van der Waals surface area (Å²) in [5.74, 6) is 4.34. The molecule has 3 saturated carbocycles. The first-order valence-electron chi connectivity index (χ1n) is 14.2. The van der Waals surface area contributed by atoms with Crippen LogP contribution in [-0.4, -0.2) is 24.9 Å². The van der Waals surface area contributed by atoms with Crippen LogP contribution in [0.3, 0.4) is 0 Å². The SMILES string of the molecule is Cc1ccc2[nH]c(C34CC(C)CC5CC(C3)C4C5)c(-c3nc4c5cccnc5c5ncccc5c4[nH]3)c2c1. The van der Waals surface area contributed by atoms with E-state index in [-0.39, 0.29) is 5.41 Å². The average molecular weight is 498 g/mol. The Morgan fingerprint density at radius 1 is 0.842 bits per heavy atom. The van der Waals surface area contributed by atoms with Gasteiger partial charge in [0, 0.05) is 50.7 Å². The van der Waals surface area contributed by atoms with E-state index < -0.39 is 0 Å². The minimum absolute atomic E-state index is 0.226. The number of nitrogens with one attached hydrogen (secondary N) is 2. The highest BCUT2D eigenvalue weighted by molar-refractivity contribution is 6.21. The summed E-state index contributed by atoms with van der Waals surface area (Å²) in [6, 6.07) is 15.1. The van der Waals surface area contributed by atoms with Crippen molar-refractivity contribution in [1.82, 2.24) is 24.9 Å². The number of H-pyrrole nitrogens is 2. The summed E-state index contributed by atoms with van der Waals surface area (Å²) in [5, 5.41) is 3.42. The number of aromatic nitrogens is 5. The van der Waals surface area contributed by atoms with Gasteiger partial charge < -0.3 is 9.97 Å². The molecule has 0 aliphatic heterocycles. The van der Waals surface area contributed by atoms with Crippen LogP contribution in [0.4, 0.5) is 0 Å². The smallest absolute Gasteiger partial charge is 0.141 e. The third-order valence-electron chi connectivity index (χ3n) is 10.3. The first-order chi connectivity index (χ1) is 18.6. The van der Waals surface area contributed by atoms with Gasteiger partial charge in [-0.2, -0.15) is 0 Å². The zero-order valence-corrected chi connectivity index (χ0v) is 21.9. The van der Waals surface area contributed by atoms with E-state index in [1.807, 2.05) is 24.5 Å². The van der Waals surface area contributed by atoms with Crippen LogP contribution in [0.1, 0.15) is 50.3 Å². The van der Waals surface area contributed by atoms with Crippen LogP contribution in [0.5, 0.6) is 0 Å². The van der Waals surface area contributed by atoms with Crippen LogP contribution in [0, 0.1) is 30.6 Å². The fraction of sp³-hybridized carbons (Fsp3) is 0.364. The molecule has 5 unspecified atom stereocenters. The van der Waals surface area contributed by atoms with Gasteiger partial charge in [-0.15, -0.1) is 0 Å². The molecule has 3 fully saturated rings. The Morgan fingerprint density at radius 2 is 1.66 bits per heavy atom. The minimum Gasteiger partial charge on any atom is -0.357 e. The average Bonchev–Trinajstić information content (AvgIpc) is 3.58. The summed E-state index contributed by atoms with van der Waals surface area (Å²) in [5.41, 5.74) is 9.32. The van der Waals surface area contributed by atoms with Gasteiger partial charge in [-0.05, 0) is 99.1 Å². The van der Waals surface area contributed by atoms with E-state index in [4.69, 9.17) is 15.0 Å². The van der Waals surface area contributed by atoms with Gasteiger partial charge in [0.15, 0.2) is 0 Å². The molecular formula is C33H31N5. The van der Waals surface area contributed by atoms with Gasteiger partial charge in [-0.3, -0.25) is 9.97 Å². The standard InChI is InChI=1S/C33H31N5/c1-17-7-8-25-23(12-17)26(31(36-25)33-15-18(2)11-19-13-20(16-33)24(33)14-19)32-37-29-21-5-3-9-34-27(21)28-22(30(29)38-32)6-4-10-35-28/h3-10,12,18-20,24,36H,11,13-16H2,1-2H3,(H,37,38). The molecule has 9 rings (SSSR count). The highest BCUT2D eigenvalue weighted by atomic mass is 14.9. The molecule has 5 atom stereocenters. The van der Waals surface area contributed by atoms with Crippen LogP contribution < -0.4 is 0 Å². The molecule has 2 N–H and O–H groups in total. The molecule has 38 heavy (non-hydrogen) atoms. The van der Waals surface area contributed by atoms with Crippen LogP contribution in [0.15, 0.2) is 54.9 Å². The number of fused-ring (bicyclic) bond motifs is 8. The van der Waals surface area contributed by atoms with Gasteiger partial charge in [0.05, 0.1) is 22.1 Å². The van der Waals surface area contributed by atoms with Crippen molar-refractivity contribution in [3.8, 4) is 11.4 Å². The second-order valence-electron chi connectivity index (χ2n) is 12.6. The van der Waals surface area contributed by atoms with Crippen molar-refractivity contribution in [2.45, 2.75) is 51.4 Å². The lowest BCUT2D eigenvalue weighted by molar-refractivity contribution is 0.0320. The maximum Gasteiger partial charge on any atom is 0.141 e. The molecule has 0 radical (unpaired) electrons. The van der Waals surface area contributed by atoms with Gasteiger partial charge in [-0.25, -0.2) is 4.98 Å². The lowest BCUT2D eigenvalue weighted by atomic mass is 9.50. The summed E-state index contributed by atoms with van der Waals surface area (Å²) in [6.45, 7) is 4.68. The molecule has 0 saturated heterocycles. The van der Waals surface area contributed by atoms with Crippen molar-refractivity contribution in [3.63, 3.8) is 0 Å². The molecule has 4 heterocycles. The first kappa shape index (κ1) is 21.2. The van der Waals surface area contributed by atoms with E-state index in [1.54, 1.807) is 0 Å². The lowest BCUT2D eigenvalue weighted by Crippen LogP contribution is -2.50. The first-order valence-corrected chi connectivity index (χ1v) is 14.2. The molecule has 188 valence electrons. The normalized spacial score (nSPS) is 28.4. The minimum atomic E-state index is 0.226. The number of aromatic amines is 2. The molecule has 2 bridgehead atoms. The molecule has 0 spiro atoms. The molecule has 4 aromatic heterocycles. The Labute approximate surface area is 221 Å². The van der Waals surface area contributed by atoms with E-state index in [1.165, 1.54) is 59.8 Å². The van der Waals surface area contributed by atoms with Crippen molar-refractivity contribution < 1.29 is 0 Å². The largest absolute Gasteiger partial charge is 0.357 e. The fourth-order valence-electron chi connectivity index (χ4n) is 9.08. The highest BCUT2D eigenvalue weighted by Gasteiger charge is 2.61. The van der Waals surface area contributed by atoms with E-state index in [0.29, 0.717) is 0 Å². The van der Waals surface area contributed by atoms with Crippen molar-refractivity contribution >= 4 is 43.7 Å². The monoisotopic (exact) mass is 497 g/mol. The number of nitrogens with zero attached hydrogens (tertiary/aromatic N) is 3. The quantitative estimate of drug-likeness (QED) is 0.240. The molecule has 0 amide bonds. The predicted molar refractivity (Wildman–Crippen MR) is 153 cm³/mol. The number of aryl methyl sites for hydroxylation is 1. The Hall–Kier alpha value is -3.73. The van der Waals surface area contributed by atoms with Crippen LogP contribution in [-0.2, 0) is 5.41 Å². The number of benzene rings is 2. The topological polar surface area (TPSA) is 70.2 Å². The maximum absolute atomic E-state index is 5.38. The Kier molecular flexibility index (Phi) is 4.03. The number of pyridine rings is 2. The zero-order valence-electron chi connectivity index (χ0n) is 21.9. The summed E-state index contributed by atoms with van der Waals surface area (Å²) in [6.07, 6.45) is 10.5. The van der Waals surface area contributed by atoms with E-state index in [9.17, 15) is 0 Å². The molecule has 2 aromatic carbocycles. The third kappa shape index (κ3) is 2.64. The Bertz CT molecular complexity index is 1860. The summed E-state index contributed by atoms with van der Waals surface area (Å²) < 4.78 is 0. The zero-order chi connectivity index (χ0) is 25.2. The van der Waals surface area contributed by atoms with Crippen molar-refractivity contribution in [1.29, 1.82) is 0 Å². The molecular weight excluding hydrogens is 466 g/mol. The number of hydrogen-bond donors (Lipinski definition) is 2. The van der Waals surface area contributed by atoms with Gasteiger partial charge in [-0.1, -0.05) is 18.6 Å². The molecule has 5 heteroatoms. The predicted octanol–water partition coefficient (Wildman–Crippen LogP) is 7.83. The van der Waals surface area contributed by atoms with Gasteiger partial charge >= 0.3 is 0 Å².